The van der Waals surface area contributed by atoms with Gasteiger partial charge in [-0.3, -0.25) is 24.1 Å². The fraction of sp³-hybridized carbons (Fsp3) is 0.721. The number of carbonyl (C=O) groups is 6. The summed E-state index contributed by atoms with van der Waals surface area (Å²) in [5.41, 5.74) is 9.17. The van der Waals surface area contributed by atoms with Gasteiger partial charge in [-0.2, -0.15) is 0 Å². The van der Waals surface area contributed by atoms with Crippen molar-refractivity contribution in [1.82, 2.24) is 4.90 Å². The number of amides is 1. The SMILES string of the molecule is CCC(CC)N(CC(=O)OC[C@H]1O[C@@H](O[Si](C)(C)C(C)(C)C)[C@H](N=[N+]=[N-])[C@@H](O[C@@H]2O[C@H](COC(C)=O)[C@H](OC(C)=O)[C@H](O)[C@H]2OC(=O)c2ccccc2)[C@H]1OC(C)=O)C(=O)OC(C)(C)C. The van der Waals surface area contributed by atoms with Crippen molar-refractivity contribution >= 4 is 44.3 Å². The predicted octanol–water partition coefficient (Wildman–Crippen LogP) is 5.50. The second kappa shape index (κ2) is 23.6. The molecule has 0 radical (unpaired) electrons. The molecule has 0 spiro atoms. The van der Waals surface area contributed by atoms with E-state index in [0.717, 1.165) is 20.8 Å². The van der Waals surface area contributed by atoms with Crippen LogP contribution in [0.5, 0.6) is 0 Å². The Morgan fingerprint density at radius 2 is 1.35 bits per heavy atom. The van der Waals surface area contributed by atoms with Crippen molar-refractivity contribution in [3.05, 3.63) is 46.3 Å². The number of aliphatic hydroxyl groups excluding tert-OH is 1. The molecule has 21 nitrogen and oxygen atoms in total. The lowest BCUT2D eigenvalue weighted by Gasteiger charge is -2.50. The van der Waals surface area contributed by atoms with Crippen LogP contribution >= 0.6 is 0 Å². The van der Waals surface area contributed by atoms with Crippen molar-refractivity contribution in [3.8, 4) is 0 Å². The van der Waals surface area contributed by atoms with E-state index in [-0.39, 0.29) is 11.6 Å². The predicted molar refractivity (Wildman–Crippen MR) is 231 cm³/mol. The molecule has 2 fully saturated rings. The van der Waals surface area contributed by atoms with Gasteiger partial charge in [0, 0.05) is 31.7 Å². The van der Waals surface area contributed by atoms with Crippen LogP contribution in [0.4, 0.5) is 4.79 Å². The third-order valence-corrected chi connectivity index (χ3v) is 15.4. The third kappa shape index (κ3) is 15.6. The summed E-state index contributed by atoms with van der Waals surface area (Å²) < 4.78 is 59.4. The van der Waals surface area contributed by atoms with E-state index in [1.54, 1.807) is 39.0 Å². The van der Waals surface area contributed by atoms with Crippen LogP contribution in [0.2, 0.25) is 18.1 Å². The molecule has 3 rings (SSSR count). The minimum atomic E-state index is -2.86. The Kier molecular flexibility index (Phi) is 19.8. The molecule has 10 atom stereocenters. The Morgan fingerprint density at radius 1 is 0.800 bits per heavy atom. The Morgan fingerprint density at radius 3 is 1.88 bits per heavy atom. The fourth-order valence-corrected chi connectivity index (χ4v) is 7.87. The molecule has 1 N–H and O–H groups in total. The van der Waals surface area contributed by atoms with Crippen molar-refractivity contribution in [1.29, 1.82) is 0 Å². The minimum Gasteiger partial charge on any atom is -0.463 e. The first-order valence-corrected chi connectivity index (χ1v) is 24.4. The van der Waals surface area contributed by atoms with E-state index < -0.39 is 136 Å². The van der Waals surface area contributed by atoms with Gasteiger partial charge >= 0.3 is 35.9 Å². The zero-order valence-electron chi connectivity index (χ0n) is 39.5. The summed E-state index contributed by atoms with van der Waals surface area (Å²) in [6.07, 6.45) is -14.5. The molecule has 0 bridgehead atoms. The van der Waals surface area contributed by atoms with Gasteiger partial charge in [0.05, 0.1) is 5.56 Å². The Labute approximate surface area is 380 Å². The van der Waals surface area contributed by atoms with Gasteiger partial charge in [0.15, 0.2) is 39.2 Å². The highest BCUT2D eigenvalue weighted by Crippen LogP contribution is 2.41. The maximum Gasteiger partial charge on any atom is 0.411 e. The van der Waals surface area contributed by atoms with Crippen molar-refractivity contribution in [2.45, 2.75) is 180 Å². The van der Waals surface area contributed by atoms with Gasteiger partial charge in [0.1, 0.15) is 55.8 Å². The highest BCUT2D eigenvalue weighted by molar-refractivity contribution is 6.74. The highest BCUT2D eigenvalue weighted by Gasteiger charge is 2.57. The van der Waals surface area contributed by atoms with E-state index in [0.29, 0.717) is 12.8 Å². The van der Waals surface area contributed by atoms with Gasteiger partial charge in [0.25, 0.3) is 0 Å². The summed E-state index contributed by atoms with van der Waals surface area (Å²) in [6.45, 7) is 20.0. The van der Waals surface area contributed by atoms with E-state index in [4.69, 9.17) is 47.1 Å². The van der Waals surface area contributed by atoms with Gasteiger partial charge < -0.3 is 52.2 Å². The summed E-state index contributed by atoms with van der Waals surface area (Å²) in [5.74, 6) is -4.32. The standard InChI is InChI=1S/C43H66N4O17Si/c1-14-28(15-2)47(41(54)63-42(6,7)8)21-31(51)56-23-30-35(58-26(5)50)36(32(45-46-44)39(59-30)64-65(12,13)43(9,10)11)62-40-37(61-38(53)27-19-17-16-18-20-27)33(52)34(57-25(4)49)29(60-40)22-55-24(3)48/h16-20,28-30,32-37,39-40,52H,14-15,21-23H2,1-13H3/t29-,30-,32-,33+,34+,35+,36-,37-,39+,40+/m1/s1. The topological polar surface area (TPSA) is 267 Å². The maximum absolute atomic E-state index is 13.7. The van der Waals surface area contributed by atoms with Crippen molar-refractivity contribution in [2.24, 2.45) is 5.11 Å². The summed E-state index contributed by atoms with van der Waals surface area (Å²) in [5, 5.41) is 15.4. The van der Waals surface area contributed by atoms with Gasteiger partial charge in [-0.25, -0.2) is 9.59 Å². The Bertz CT molecular complexity index is 1850. The summed E-state index contributed by atoms with van der Waals surface area (Å²) in [7, 11) is -2.86. The zero-order chi connectivity index (χ0) is 49.0. The molecule has 1 aromatic carbocycles. The lowest BCUT2D eigenvalue weighted by molar-refractivity contribution is -0.339. The van der Waals surface area contributed by atoms with Crippen molar-refractivity contribution < 1.29 is 80.9 Å². The summed E-state index contributed by atoms with van der Waals surface area (Å²) in [6, 6.07) is 5.78. The second-order valence-electron chi connectivity index (χ2n) is 18.2. The number of benzene rings is 1. The number of ether oxygens (including phenoxy) is 9. The number of aliphatic hydroxyl groups is 1. The molecule has 0 unspecified atom stereocenters. The number of esters is 5. The fourth-order valence-electron chi connectivity index (χ4n) is 6.74. The van der Waals surface area contributed by atoms with E-state index in [1.807, 2.05) is 47.7 Å². The largest absolute Gasteiger partial charge is 0.463 e. The average molecular weight is 939 g/mol. The van der Waals surface area contributed by atoms with Crippen LogP contribution in [-0.2, 0) is 66.2 Å². The number of hydrogen-bond acceptors (Lipinski definition) is 18. The molecule has 364 valence electrons. The number of rotatable bonds is 18. The molecule has 2 aliphatic rings. The molecule has 65 heavy (non-hydrogen) atoms. The van der Waals surface area contributed by atoms with Crippen LogP contribution in [0, 0.1) is 0 Å². The van der Waals surface area contributed by atoms with Crippen molar-refractivity contribution in [2.75, 3.05) is 19.8 Å². The number of carbonyl (C=O) groups excluding carboxylic acids is 6. The third-order valence-electron chi connectivity index (χ3n) is 11.0. The smallest absolute Gasteiger partial charge is 0.411 e. The molecular formula is C43H66N4O17Si. The quantitative estimate of drug-likeness (QED) is 0.0475. The average Bonchev–Trinajstić information content (AvgIpc) is 3.19. The van der Waals surface area contributed by atoms with E-state index in [1.165, 1.54) is 17.0 Å². The van der Waals surface area contributed by atoms with Crippen LogP contribution < -0.4 is 0 Å². The van der Waals surface area contributed by atoms with Crippen LogP contribution in [0.3, 0.4) is 0 Å². The lowest BCUT2D eigenvalue weighted by atomic mass is 9.95. The Balaban J connectivity index is 2.19. The minimum absolute atomic E-state index is 0.0551. The van der Waals surface area contributed by atoms with Crippen LogP contribution in [0.1, 0.15) is 99.4 Å². The molecular weight excluding hydrogens is 873 g/mol. The molecule has 2 saturated heterocycles. The number of hydrogen-bond donors (Lipinski definition) is 1. The van der Waals surface area contributed by atoms with Crippen molar-refractivity contribution in [3.63, 3.8) is 0 Å². The van der Waals surface area contributed by atoms with Crippen LogP contribution in [-0.4, -0.2) is 147 Å². The number of azide groups is 1. The summed E-state index contributed by atoms with van der Waals surface area (Å²) >= 11 is 0. The monoisotopic (exact) mass is 938 g/mol. The van der Waals surface area contributed by atoms with Crippen LogP contribution in [0.25, 0.3) is 10.4 Å². The first kappa shape index (κ1) is 54.5. The molecule has 2 aliphatic heterocycles. The zero-order valence-corrected chi connectivity index (χ0v) is 40.5. The number of nitrogens with zero attached hydrogens (tertiary/aromatic N) is 4. The lowest BCUT2D eigenvalue weighted by Crippen LogP contribution is -2.67. The van der Waals surface area contributed by atoms with E-state index in [2.05, 4.69) is 10.0 Å². The van der Waals surface area contributed by atoms with Gasteiger partial charge in [0.2, 0.25) is 0 Å². The first-order chi connectivity index (χ1) is 30.2. The molecule has 1 amide bonds. The van der Waals surface area contributed by atoms with Gasteiger partial charge in [-0.05, 0) is 69.4 Å². The molecule has 1 aromatic rings. The molecule has 0 saturated carbocycles. The molecule has 0 aromatic heterocycles. The maximum atomic E-state index is 13.7. The molecule has 22 heteroatoms. The van der Waals surface area contributed by atoms with Gasteiger partial charge in [-0.1, -0.05) is 57.9 Å². The first-order valence-electron chi connectivity index (χ1n) is 21.5. The van der Waals surface area contributed by atoms with E-state index >= 15 is 0 Å². The normalized spacial score (nSPS) is 25.9. The molecule has 0 aliphatic carbocycles. The van der Waals surface area contributed by atoms with Crippen LogP contribution in [0.15, 0.2) is 35.4 Å². The van der Waals surface area contributed by atoms with E-state index in [9.17, 15) is 39.4 Å². The Hall–Kier alpha value is -4.83. The highest BCUT2D eigenvalue weighted by atomic mass is 28.4. The molecule has 2 heterocycles. The second-order valence-corrected chi connectivity index (χ2v) is 23.0. The summed E-state index contributed by atoms with van der Waals surface area (Å²) in [4.78, 5) is 82.1. The van der Waals surface area contributed by atoms with Gasteiger partial charge in [-0.15, -0.1) is 0 Å².